The van der Waals surface area contributed by atoms with Gasteiger partial charge in [0.05, 0.1) is 0 Å². The molecular formula is C14H17NO2. The molecule has 3 heteroatoms. The molecule has 0 heterocycles. The molecule has 0 radical (unpaired) electrons. The SMILES string of the molecule is Cc1ccc(C#CCO)cc1NC(=O)C(C)C. The number of hydrogen-bond donors (Lipinski definition) is 2. The Morgan fingerprint density at radius 3 is 2.76 bits per heavy atom. The number of carbonyl (C=O) groups excluding carboxylic acids is 1. The van der Waals surface area contributed by atoms with Gasteiger partial charge >= 0.3 is 0 Å². The smallest absolute Gasteiger partial charge is 0.226 e. The van der Waals surface area contributed by atoms with Crippen LogP contribution in [-0.4, -0.2) is 17.6 Å². The highest BCUT2D eigenvalue weighted by Crippen LogP contribution is 2.17. The Morgan fingerprint density at radius 1 is 1.47 bits per heavy atom. The molecule has 0 aliphatic carbocycles. The fourth-order valence-electron chi connectivity index (χ4n) is 1.25. The van der Waals surface area contributed by atoms with Gasteiger partial charge in [0.15, 0.2) is 0 Å². The van der Waals surface area contributed by atoms with Gasteiger partial charge in [-0.15, -0.1) is 0 Å². The first-order valence-electron chi connectivity index (χ1n) is 5.56. The third-order valence-electron chi connectivity index (χ3n) is 2.33. The van der Waals surface area contributed by atoms with Gasteiger partial charge < -0.3 is 10.4 Å². The van der Waals surface area contributed by atoms with E-state index in [1.54, 1.807) is 0 Å². The average molecular weight is 231 g/mol. The maximum atomic E-state index is 11.6. The van der Waals surface area contributed by atoms with E-state index in [-0.39, 0.29) is 18.4 Å². The first-order chi connectivity index (χ1) is 8.04. The quantitative estimate of drug-likeness (QED) is 0.764. The molecule has 0 spiro atoms. The van der Waals surface area contributed by atoms with Gasteiger partial charge in [0.2, 0.25) is 5.91 Å². The first-order valence-corrected chi connectivity index (χ1v) is 5.56. The minimum absolute atomic E-state index is 0.0135. The molecule has 0 aliphatic heterocycles. The number of aliphatic hydroxyl groups excluding tert-OH is 1. The molecule has 0 aliphatic rings. The number of anilines is 1. The number of carbonyl (C=O) groups is 1. The highest BCUT2D eigenvalue weighted by atomic mass is 16.2. The molecule has 1 aromatic rings. The standard InChI is InChI=1S/C14H17NO2/c1-10(2)14(17)15-13-9-12(5-4-8-16)7-6-11(13)3/h6-7,9-10,16H,8H2,1-3H3,(H,15,17). The zero-order valence-electron chi connectivity index (χ0n) is 10.4. The van der Waals surface area contributed by atoms with E-state index in [1.807, 2.05) is 39.0 Å². The van der Waals surface area contributed by atoms with Crippen molar-refractivity contribution < 1.29 is 9.90 Å². The Morgan fingerprint density at radius 2 is 2.18 bits per heavy atom. The largest absolute Gasteiger partial charge is 0.384 e. The number of hydrogen-bond acceptors (Lipinski definition) is 2. The molecule has 1 amide bonds. The summed E-state index contributed by atoms with van der Waals surface area (Å²) >= 11 is 0. The summed E-state index contributed by atoms with van der Waals surface area (Å²) in [4.78, 5) is 11.6. The van der Waals surface area contributed by atoms with Gasteiger partial charge in [0.1, 0.15) is 6.61 Å². The molecule has 1 rings (SSSR count). The molecule has 90 valence electrons. The molecule has 2 N–H and O–H groups in total. The zero-order chi connectivity index (χ0) is 12.8. The number of aryl methyl sites for hydroxylation is 1. The summed E-state index contributed by atoms with van der Waals surface area (Å²) in [5.41, 5.74) is 2.55. The van der Waals surface area contributed by atoms with Crippen LogP contribution < -0.4 is 5.32 Å². The van der Waals surface area contributed by atoms with E-state index >= 15 is 0 Å². The fraction of sp³-hybridized carbons (Fsp3) is 0.357. The molecule has 0 bridgehead atoms. The van der Waals surface area contributed by atoms with E-state index in [9.17, 15) is 4.79 Å². The van der Waals surface area contributed by atoms with Crippen LogP contribution in [-0.2, 0) is 4.79 Å². The van der Waals surface area contributed by atoms with E-state index < -0.39 is 0 Å². The third-order valence-corrected chi connectivity index (χ3v) is 2.33. The Hall–Kier alpha value is -1.79. The number of benzene rings is 1. The van der Waals surface area contributed by atoms with E-state index in [2.05, 4.69) is 17.2 Å². The lowest BCUT2D eigenvalue weighted by Crippen LogP contribution is -2.18. The van der Waals surface area contributed by atoms with Crippen molar-refractivity contribution in [2.45, 2.75) is 20.8 Å². The van der Waals surface area contributed by atoms with Gasteiger partial charge in [0, 0.05) is 17.2 Å². The van der Waals surface area contributed by atoms with Crippen LogP contribution in [0.2, 0.25) is 0 Å². The summed E-state index contributed by atoms with van der Waals surface area (Å²) in [6.07, 6.45) is 0. The summed E-state index contributed by atoms with van der Waals surface area (Å²) in [5, 5.41) is 11.5. The van der Waals surface area contributed by atoms with Crippen LogP contribution in [0.5, 0.6) is 0 Å². The normalized spacial score (nSPS) is 9.71. The predicted molar refractivity (Wildman–Crippen MR) is 68.6 cm³/mol. The first kappa shape index (κ1) is 13.3. The van der Waals surface area contributed by atoms with Crippen LogP contribution in [0.25, 0.3) is 0 Å². The van der Waals surface area contributed by atoms with Crippen LogP contribution in [0.1, 0.15) is 25.0 Å². The summed E-state index contributed by atoms with van der Waals surface area (Å²) in [7, 11) is 0. The van der Waals surface area contributed by atoms with E-state index in [4.69, 9.17) is 5.11 Å². The molecule has 0 unspecified atom stereocenters. The van der Waals surface area contributed by atoms with E-state index in [0.717, 1.165) is 16.8 Å². The molecule has 0 aromatic heterocycles. The van der Waals surface area contributed by atoms with Gasteiger partial charge in [-0.25, -0.2) is 0 Å². The second-order valence-electron chi connectivity index (χ2n) is 4.13. The fourth-order valence-corrected chi connectivity index (χ4v) is 1.25. The van der Waals surface area contributed by atoms with Crippen molar-refractivity contribution in [2.24, 2.45) is 5.92 Å². The van der Waals surface area contributed by atoms with Crippen molar-refractivity contribution in [1.82, 2.24) is 0 Å². The van der Waals surface area contributed by atoms with Crippen LogP contribution in [0.15, 0.2) is 18.2 Å². The number of nitrogens with one attached hydrogen (secondary N) is 1. The van der Waals surface area contributed by atoms with Crippen molar-refractivity contribution in [3.8, 4) is 11.8 Å². The van der Waals surface area contributed by atoms with Gasteiger partial charge in [-0.2, -0.15) is 0 Å². The van der Waals surface area contributed by atoms with Crippen LogP contribution >= 0.6 is 0 Å². The molecule has 17 heavy (non-hydrogen) atoms. The third kappa shape index (κ3) is 3.93. The van der Waals surface area contributed by atoms with Crippen molar-refractivity contribution in [3.63, 3.8) is 0 Å². The summed E-state index contributed by atoms with van der Waals surface area (Å²) < 4.78 is 0. The highest BCUT2D eigenvalue weighted by Gasteiger charge is 2.08. The summed E-state index contributed by atoms with van der Waals surface area (Å²) in [5.74, 6) is 5.33. The predicted octanol–water partition coefficient (Wildman–Crippen LogP) is 1.93. The Bertz CT molecular complexity index is 467. The van der Waals surface area contributed by atoms with Crippen molar-refractivity contribution in [2.75, 3.05) is 11.9 Å². The maximum absolute atomic E-state index is 11.6. The van der Waals surface area contributed by atoms with E-state index in [0.29, 0.717) is 0 Å². The number of aliphatic hydroxyl groups is 1. The molecular weight excluding hydrogens is 214 g/mol. The van der Waals surface area contributed by atoms with Crippen LogP contribution in [0.3, 0.4) is 0 Å². The lowest BCUT2D eigenvalue weighted by atomic mass is 10.1. The minimum Gasteiger partial charge on any atom is -0.384 e. The Labute approximate surface area is 102 Å². The second kappa shape index (κ2) is 6.07. The number of amides is 1. The molecule has 0 atom stereocenters. The molecule has 0 fully saturated rings. The Kier molecular flexibility index (Phi) is 4.74. The maximum Gasteiger partial charge on any atom is 0.226 e. The van der Waals surface area contributed by atoms with Gasteiger partial charge in [-0.05, 0) is 24.6 Å². The molecule has 0 saturated carbocycles. The summed E-state index contributed by atoms with van der Waals surface area (Å²) in [6, 6.07) is 5.58. The number of rotatable bonds is 2. The van der Waals surface area contributed by atoms with Gasteiger partial charge in [0.25, 0.3) is 0 Å². The van der Waals surface area contributed by atoms with Gasteiger partial charge in [-0.1, -0.05) is 31.8 Å². The van der Waals surface area contributed by atoms with E-state index in [1.165, 1.54) is 0 Å². The zero-order valence-corrected chi connectivity index (χ0v) is 10.4. The van der Waals surface area contributed by atoms with Crippen molar-refractivity contribution in [1.29, 1.82) is 0 Å². The lowest BCUT2D eigenvalue weighted by Gasteiger charge is -2.10. The van der Waals surface area contributed by atoms with Crippen LogP contribution in [0, 0.1) is 24.7 Å². The lowest BCUT2D eigenvalue weighted by molar-refractivity contribution is -0.118. The second-order valence-corrected chi connectivity index (χ2v) is 4.13. The Balaban J connectivity index is 2.94. The average Bonchev–Trinajstić information content (AvgIpc) is 2.29. The monoisotopic (exact) mass is 231 g/mol. The molecule has 0 saturated heterocycles. The minimum atomic E-state index is -0.165. The molecule has 3 nitrogen and oxygen atoms in total. The summed E-state index contributed by atoms with van der Waals surface area (Å²) in [6.45, 7) is 5.46. The van der Waals surface area contributed by atoms with Crippen molar-refractivity contribution in [3.05, 3.63) is 29.3 Å². The van der Waals surface area contributed by atoms with Crippen LogP contribution in [0.4, 0.5) is 5.69 Å². The van der Waals surface area contributed by atoms with Gasteiger partial charge in [-0.3, -0.25) is 4.79 Å². The van der Waals surface area contributed by atoms with Crippen molar-refractivity contribution >= 4 is 11.6 Å². The topological polar surface area (TPSA) is 49.3 Å². The highest BCUT2D eigenvalue weighted by molar-refractivity contribution is 5.92. The molecule has 1 aromatic carbocycles.